The lowest BCUT2D eigenvalue weighted by atomic mass is 9.90. The first-order valence-corrected chi connectivity index (χ1v) is 9.96. The van der Waals surface area contributed by atoms with Crippen LogP contribution in [-0.2, 0) is 0 Å². The highest BCUT2D eigenvalue weighted by atomic mass is 16.5. The van der Waals surface area contributed by atoms with Gasteiger partial charge in [0, 0.05) is 16.5 Å². The highest BCUT2D eigenvalue weighted by molar-refractivity contribution is 6.30. The molecule has 0 aliphatic rings. The van der Waals surface area contributed by atoms with Crippen molar-refractivity contribution in [3.8, 4) is 5.69 Å². The van der Waals surface area contributed by atoms with E-state index in [0.717, 1.165) is 0 Å². The molecule has 4 rings (SSSR count). The summed E-state index contributed by atoms with van der Waals surface area (Å²) in [5.41, 5.74) is 1.71. The van der Waals surface area contributed by atoms with Gasteiger partial charge < -0.3 is 29.9 Å². The summed E-state index contributed by atoms with van der Waals surface area (Å²) in [4.78, 5) is 0. The molecule has 0 saturated carbocycles. The normalized spacial score (nSPS) is 11.4. The summed E-state index contributed by atoms with van der Waals surface area (Å²) in [5, 5.41) is 42.3. The molecule has 4 aromatic rings. The van der Waals surface area contributed by atoms with Crippen LogP contribution in [0.2, 0.25) is 0 Å². The maximum Gasteiger partial charge on any atom is 0.631 e. The Morgan fingerprint density at radius 3 is 1.26 bits per heavy atom. The van der Waals surface area contributed by atoms with Gasteiger partial charge >= 0.3 is 7.32 Å². The molecule has 6 nitrogen and oxygen atoms in total. The minimum Gasteiger partial charge on any atom is -0.402 e. The Hall–Kier alpha value is -2.68. The van der Waals surface area contributed by atoms with Crippen LogP contribution in [0.25, 0.3) is 27.5 Å². The van der Waals surface area contributed by atoms with Crippen molar-refractivity contribution in [2.75, 3.05) is 0 Å². The van der Waals surface area contributed by atoms with E-state index in [1.807, 2.05) is 0 Å². The number of hydrogen-bond donors (Lipinski definition) is 5. The maximum absolute atomic E-state index is 9.10. The third kappa shape index (κ3) is 6.40. The molecule has 0 aliphatic carbocycles. The Morgan fingerprint density at radius 2 is 0.903 bits per heavy atom. The second-order valence-corrected chi connectivity index (χ2v) is 8.17. The first-order chi connectivity index (χ1) is 14.4. The van der Waals surface area contributed by atoms with Crippen LogP contribution < -0.4 is 0 Å². The van der Waals surface area contributed by atoms with Crippen molar-refractivity contribution in [3.05, 3.63) is 78.9 Å². The van der Waals surface area contributed by atoms with Gasteiger partial charge in [0.25, 0.3) is 0 Å². The van der Waals surface area contributed by atoms with E-state index in [1.54, 1.807) is 27.7 Å². The second-order valence-electron chi connectivity index (χ2n) is 8.17. The molecule has 0 unspecified atom stereocenters. The third-order valence-electron chi connectivity index (χ3n) is 5.09. The second kappa shape index (κ2) is 10.1. The fourth-order valence-corrected chi connectivity index (χ4v) is 2.78. The van der Waals surface area contributed by atoms with Gasteiger partial charge in [0.2, 0.25) is 0 Å². The number of aromatic nitrogens is 1. The zero-order valence-electron chi connectivity index (χ0n) is 18.3. The van der Waals surface area contributed by atoms with Crippen molar-refractivity contribution in [3.63, 3.8) is 0 Å². The van der Waals surface area contributed by atoms with Gasteiger partial charge in [0.05, 0.1) is 22.2 Å². The smallest absolute Gasteiger partial charge is 0.402 e. The van der Waals surface area contributed by atoms with Gasteiger partial charge in [0.1, 0.15) is 0 Å². The Bertz CT molecular complexity index is 1030. The Morgan fingerprint density at radius 1 is 0.581 bits per heavy atom. The van der Waals surface area contributed by atoms with E-state index in [1.165, 1.54) is 27.5 Å². The van der Waals surface area contributed by atoms with Crippen molar-refractivity contribution in [1.29, 1.82) is 0 Å². The van der Waals surface area contributed by atoms with Crippen LogP contribution in [0.3, 0.4) is 0 Å². The van der Waals surface area contributed by atoms with Gasteiger partial charge in [-0.25, -0.2) is 0 Å². The van der Waals surface area contributed by atoms with Crippen LogP contribution in [-0.4, -0.2) is 48.4 Å². The summed E-state index contributed by atoms with van der Waals surface area (Å²) < 4.78 is 2.32. The highest BCUT2D eigenvalue weighted by Gasteiger charge is 2.31. The number of nitrogens with zero attached hydrogens (tertiary/aromatic N) is 1. The fourth-order valence-electron chi connectivity index (χ4n) is 2.78. The van der Waals surface area contributed by atoms with Crippen molar-refractivity contribution in [2.45, 2.75) is 38.9 Å². The van der Waals surface area contributed by atoms with Crippen molar-refractivity contribution in [1.82, 2.24) is 4.57 Å². The van der Waals surface area contributed by atoms with Crippen LogP contribution in [0.4, 0.5) is 0 Å². The van der Waals surface area contributed by atoms with E-state index in [-0.39, 0.29) is 0 Å². The molecule has 164 valence electrons. The molecule has 0 atom stereocenters. The average molecular weight is 423 g/mol. The van der Waals surface area contributed by atoms with Gasteiger partial charge in [-0.2, -0.15) is 0 Å². The van der Waals surface area contributed by atoms with Crippen LogP contribution in [0.15, 0.2) is 78.9 Å². The topological polar surface area (TPSA) is 106 Å². The molecule has 1 aromatic heterocycles. The number of rotatable bonds is 2. The van der Waals surface area contributed by atoms with Crippen molar-refractivity contribution in [2.24, 2.45) is 0 Å². The molecule has 0 fully saturated rings. The monoisotopic (exact) mass is 423 g/mol. The van der Waals surface area contributed by atoms with Crippen molar-refractivity contribution >= 4 is 29.1 Å². The lowest BCUT2D eigenvalue weighted by Gasteiger charge is -2.31. The lowest BCUT2D eigenvalue weighted by Crippen LogP contribution is -2.44. The third-order valence-corrected chi connectivity index (χ3v) is 5.09. The molecule has 7 heteroatoms. The molecule has 0 bridgehead atoms. The predicted molar refractivity (Wildman–Crippen MR) is 126 cm³/mol. The van der Waals surface area contributed by atoms with Gasteiger partial charge in [-0.1, -0.05) is 54.6 Å². The van der Waals surface area contributed by atoms with E-state index in [9.17, 15) is 0 Å². The zero-order valence-corrected chi connectivity index (χ0v) is 18.3. The summed E-state index contributed by atoms with van der Waals surface area (Å²) in [5.74, 6) is 0. The van der Waals surface area contributed by atoms with E-state index >= 15 is 0 Å². The predicted octanol–water partition coefficient (Wildman–Crippen LogP) is 3.26. The SMILES string of the molecule is CC(C)(O)C(C)(C)O.OB(O)O.c1ccc(-n2c3ccccc3c3ccccc32)cc1. The van der Waals surface area contributed by atoms with E-state index < -0.39 is 18.5 Å². The maximum atomic E-state index is 9.10. The largest absolute Gasteiger partial charge is 0.631 e. The van der Waals surface area contributed by atoms with Gasteiger partial charge in [-0.3, -0.25) is 0 Å². The molecule has 5 N–H and O–H groups in total. The van der Waals surface area contributed by atoms with Crippen LogP contribution in [0.1, 0.15) is 27.7 Å². The summed E-state index contributed by atoms with van der Waals surface area (Å²) in [7, 11) is -2.17. The van der Waals surface area contributed by atoms with E-state index in [4.69, 9.17) is 25.3 Å². The lowest BCUT2D eigenvalue weighted by molar-refractivity contribution is -0.107. The first kappa shape index (κ1) is 24.6. The van der Waals surface area contributed by atoms with Gasteiger partial charge in [0.15, 0.2) is 0 Å². The molecular formula is C24H30BNO5. The minimum atomic E-state index is -2.17. The minimum absolute atomic E-state index is 1.01. The fraction of sp³-hybridized carbons (Fsp3) is 0.250. The first-order valence-electron chi connectivity index (χ1n) is 9.96. The zero-order chi connectivity index (χ0) is 23.2. The summed E-state index contributed by atoms with van der Waals surface area (Å²) in [6, 6.07) is 27.7. The number of para-hydroxylation sites is 3. The van der Waals surface area contributed by atoms with E-state index in [2.05, 4.69) is 83.4 Å². The van der Waals surface area contributed by atoms with E-state index in [0.29, 0.717) is 0 Å². The van der Waals surface area contributed by atoms with Crippen LogP contribution >= 0.6 is 0 Å². The summed E-state index contributed by atoms with van der Waals surface area (Å²) >= 11 is 0. The standard InChI is InChI=1S/C18H13N.C6H14O2.BH3O3/c1-2-8-14(9-3-1)19-17-12-6-4-10-15(17)16-11-5-7-13-18(16)19;1-5(2,7)6(3,4)8;2-1(3)4/h1-13H;7-8H,1-4H3;2-4H. The number of fused-ring (bicyclic) bond motifs is 3. The van der Waals surface area contributed by atoms with Gasteiger partial charge in [-0.15, -0.1) is 0 Å². The van der Waals surface area contributed by atoms with Gasteiger partial charge in [-0.05, 0) is 52.0 Å². The van der Waals surface area contributed by atoms with Crippen LogP contribution in [0.5, 0.6) is 0 Å². The Balaban J connectivity index is 0.000000240. The highest BCUT2D eigenvalue weighted by Crippen LogP contribution is 2.31. The Labute approximate surface area is 182 Å². The average Bonchev–Trinajstić information content (AvgIpc) is 3.02. The molecule has 3 aromatic carbocycles. The molecule has 0 saturated heterocycles. The number of benzene rings is 3. The van der Waals surface area contributed by atoms with Crippen LogP contribution in [0, 0.1) is 0 Å². The van der Waals surface area contributed by atoms with Crippen molar-refractivity contribution < 1.29 is 25.3 Å². The molecule has 0 amide bonds. The quantitative estimate of drug-likeness (QED) is 0.318. The summed E-state index contributed by atoms with van der Waals surface area (Å²) in [6.45, 7) is 6.31. The Kier molecular flexibility index (Phi) is 8.00. The molecule has 0 spiro atoms. The molecule has 31 heavy (non-hydrogen) atoms. The molecule has 0 radical (unpaired) electrons. The molecule has 0 aliphatic heterocycles. The molecule has 1 heterocycles. The molecular weight excluding hydrogens is 393 g/mol. The number of aliphatic hydroxyl groups is 2. The summed E-state index contributed by atoms with van der Waals surface area (Å²) in [6.07, 6.45) is 0. The number of hydrogen-bond acceptors (Lipinski definition) is 5.